The van der Waals surface area contributed by atoms with E-state index in [9.17, 15) is 4.79 Å². The summed E-state index contributed by atoms with van der Waals surface area (Å²) in [5, 5.41) is 0. The Bertz CT molecular complexity index is 399. The summed E-state index contributed by atoms with van der Waals surface area (Å²) in [7, 11) is 1.56. The van der Waals surface area contributed by atoms with E-state index >= 15 is 0 Å². The third-order valence-corrected chi connectivity index (χ3v) is 2.41. The molecule has 0 saturated carbocycles. The Morgan fingerprint density at radius 1 is 1.29 bits per heavy atom. The van der Waals surface area contributed by atoms with Crippen molar-refractivity contribution in [2.75, 3.05) is 13.7 Å². The van der Waals surface area contributed by atoms with Gasteiger partial charge >= 0.3 is 5.97 Å². The Kier molecular flexibility index (Phi) is 3.90. The van der Waals surface area contributed by atoms with Gasteiger partial charge < -0.3 is 14.2 Å². The van der Waals surface area contributed by atoms with Crippen LogP contribution >= 0.6 is 0 Å². The van der Waals surface area contributed by atoms with E-state index < -0.39 is 0 Å². The minimum atomic E-state index is -0.353. The molecule has 0 aliphatic carbocycles. The molecular formula is C13H14O4. The highest BCUT2D eigenvalue weighted by atomic mass is 16.7. The van der Waals surface area contributed by atoms with Crippen molar-refractivity contribution in [3.8, 4) is 0 Å². The topological polar surface area (TPSA) is 44.8 Å². The van der Waals surface area contributed by atoms with E-state index in [-0.39, 0.29) is 18.4 Å². The van der Waals surface area contributed by atoms with E-state index in [1.54, 1.807) is 43.5 Å². The molecule has 2 atom stereocenters. The molecule has 0 N–H and O–H groups in total. The predicted octanol–water partition coefficient (Wildman–Crippen LogP) is 1.77. The molecule has 4 nitrogen and oxygen atoms in total. The van der Waals surface area contributed by atoms with Crippen LogP contribution in [0.25, 0.3) is 0 Å². The first-order valence-corrected chi connectivity index (χ1v) is 5.38. The van der Waals surface area contributed by atoms with E-state index in [4.69, 9.17) is 14.2 Å². The summed E-state index contributed by atoms with van der Waals surface area (Å²) in [5.74, 6) is -0.347. The molecule has 0 fully saturated rings. The summed E-state index contributed by atoms with van der Waals surface area (Å²) in [5.41, 5.74) is 0.537. The predicted molar refractivity (Wildman–Crippen MR) is 61.5 cm³/mol. The lowest BCUT2D eigenvalue weighted by Crippen LogP contribution is -2.29. The van der Waals surface area contributed by atoms with Gasteiger partial charge in [-0.1, -0.05) is 18.2 Å². The monoisotopic (exact) mass is 234 g/mol. The van der Waals surface area contributed by atoms with Crippen molar-refractivity contribution in [3.05, 3.63) is 48.0 Å². The minimum Gasteiger partial charge on any atom is -0.452 e. The fraction of sp³-hybridized carbons (Fsp3) is 0.308. The lowest BCUT2D eigenvalue weighted by molar-refractivity contribution is -0.117. The van der Waals surface area contributed by atoms with Gasteiger partial charge in [-0.15, -0.1) is 0 Å². The van der Waals surface area contributed by atoms with E-state index in [1.165, 1.54) is 0 Å². The molecule has 0 bridgehead atoms. The van der Waals surface area contributed by atoms with Gasteiger partial charge in [0.1, 0.15) is 6.10 Å². The third-order valence-electron chi connectivity index (χ3n) is 2.41. The second-order valence-electron chi connectivity index (χ2n) is 3.63. The number of ether oxygens (including phenoxy) is 3. The van der Waals surface area contributed by atoms with Gasteiger partial charge in [-0.25, -0.2) is 4.79 Å². The molecule has 0 saturated heterocycles. The molecule has 0 spiro atoms. The number of carbonyl (C=O) groups excluding carboxylic acids is 1. The second kappa shape index (κ2) is 5.61. The van der Waals surface area contributed by atoms with Crippen molar-refractivity contribution in [2.24, 2.45) is 0 Å². The Morgan fingerprint density at radius 2 is 2.06 bits per heavy atom. The molecule has 4 heteroatoms. The third kappa shape index (κ3) is 3.15. The Labute approximate surface area is 99.8 Å². The highest BCUT2D eigenvalue weighted by molar-refractivity contribution is 5.89. The zero-order chi connectivity index (χ0) is 12.1. The van der Waals surface area contributed by atoms with Crippen molar-refractivity contribution in [2.45, 2.75) is 12.4 Å². The summed E-state index contributed by atoms with van der Waals surface area (Å²) in [4.78, 5) is 11.7. The van der Waals surface area contributed by atoms with Crippen molar-refractivity contribution in [3.63, 3.8) is 0 Å². The molecule has 2 rings (SSSR count). The first-order valence-electron chi connectivity index (χ1n) is 5.38. The average molecular weight is 234 g/mol. The summed E-state index contributed by atoms with van der Waals surface area (Å²) >= 11 is 0. The van der Waals surface area contributed by atoms with E-state index in [1.807, 2.05) is 6.07 Å². The zero-order valence-corrected chi connectivity index (χ0v) is 9.54. The first-order chi connectivity index (χ1) is 8.29. The van der Waals surface area contributed by atoms with Crippen LogP contribution in [0.15, 0.2) is 42.5 Å². The molecule has 1 aromatic rings. The Morgan fingerprint density at radius 3 is 2.65 bits per heavy atom. The summed E-state index contributed by atoms with van der Waals surface area (Å²) in [6.07, 6.45) is 2.81. The number of methoxy groups -OCH3 is 1. The van der Waals surface area contributed by atoms with Gasteiger partial charge in [0.2, 0.25) is 0 Å². The fourth-order valence-electron chi connectivity index (χ4n) is 1.52. The van der Waals surface area contributed by atoms with Crippen molar-refractivity contribution in [1.82, 2.24) is 0 Å². The summed E-state index contributed by atoms with van der Waals surface area (Å²) in [6.45, 7) is 0.313. The molecule has 0 unspecified atom stereocenters. The largest absolute Gasteiger partial charge is 0.452 e. The van der Waals surface area contributed by atoms with Crippen molar-refractivity contribution >= 4 is 5.97 Å². The SMILES string of the molecule is CO[C@@H]1C=C[C@H](OC(=O)c2ccccc2)CO1. The van der Waals surface area contributed by atoms with E-state index in [2.05, 4.69) is 0 Å². The van der Waals surface area contributed by atoms with Gasteiger partial charge in [0, 0.05) is 7.11 Å². The normalized spacial score (nSPS) is 23.4. The molecule has 1 aromatic carbocycles. The maximum atomic E-state index is 11.7. The van der Waals surface area contributed by atoms with Crippen LogP contribution in [0.1, 0.15) is 10.4 Å². The highest BCUT2D eigenvalue weighted by Gasteiger charge is 2.19. The standard InChI is InChI=1S/C13H14O4/c1-15-12-8-7-11(9-16-12)17-13(14)10-5-3-2-4-6-10/h2-8,11-12H,9H2,1H3/t11-,12-/m0/s1. The van der Waals surface area contributed by atoms with Crippen LogP contribution in [0.3, 0.4) is 0 Å². The molecule has 1 heterocycles. The number of esters is 1. The molecule has 90 valence electrons. The number of benzene rings is 1. The van der Waals surface area contributed by atoms with Crippen LogP contribution in [-0.2, 0) is 14.2 Å². The zero-order valence-electron chi connectivity index (χ0n) is 9.54. The van der Waals surface area contributed by atoms with Crippen LogP contribution in [0, 0.1) is 0 Å². The number of hydrogen-bond donors (Lipinski definition) is 0. The number of rotatable bonds is 3. The van der Waals surface area contributed by atoms with Gasteiger partial charge in [-0.3, -0.25) is 0 Å². The van der Waals surface area contributed by atoms with Crippen molar-refractivity contribution in [1.29, 1.82) is 0 Å². The van der Waals surface area contributed by atoms with Crippen LogP contribution in [0.5, 0.6) is 0 Å². The smallest absolute Gasteiger partial charge is 0.338 e. The lowest BCUT2D eigenvalue weighted by Gasteiger charge is -2.22. The molecule has 1 aliphatic rings. The van der Waals surface area contributed by atoms with Crippen LogP contribution in [-0.4, -0.2) is 32.1 Å². The van der Waals surface area contributed by atoms with Crippen LogP contribution in [0.4, 0.5) is 0 Å². The first kappa shape index (κ1) is 11.8. The van der Waals surface area contributed by atoms with Crippen molar-refractivity contribution < 1.29 is 19.0 Å². The summed E-state index contributed by atoms with van der Waals surface area (Å²) < 4.78 is 15.5. The van der Waals surface area contributed by atoms with Gasteiger partial charge in [-0.2, -0.15) is 0 Å². The molecule has 0 amide bonds. The van der Waals surface area contributed by atoms with E-state index in [0.717, 1.165) is 0 Å². The number of carbonyl (C=O) groups is 1. The van der Waals surface area contributed by atoms with Gasteiger partial charge in [0.05, 0.1) is 12.2 Å². The maximum Gasteiger partial charge on any atom is 0.338 e. The average Bonchev–Trinajstić information content (AvgIpc) is 2.40. The highest BCUT2D eigenvalue weighted by Crippen LogP contribution is 2.11. The van der Waals surface area contributed by atoms with E-state index in [0.29, 0.717) is 12.2 Å². The Balaban J connectivity index is 1.92. The van der Waals surface area contributed by atoms with Gasteiger partial charge in [-0.05, 0) is 24.3 Å². The molecule has 0 aromatic heterocycles. The van der Waals surface area contributed by atoms with Crippen LogP contribution < -0.4 is 0 Å². The van der Waals surface area contributed by atoms with Crippen LogP contribution in [0.2, 0.25) is 0 Å². The summed E-state index contributed by atoms with van der Waals surface area (Å²) in [6, 6.07) is 8.88. The molecule has 17 heavy (non-hydrogen) atoms. The lowest BCUT2D eigenvalue weighted by atomic mass is 10.2. The number of hydrogen-bond acceptors (Lipinski definition) is 4. The quantitative estimate of drug-likeness (QED) is 0.590. The fourth-order valence-corrected chi connectivity index (χ4v) is 1.52. The maximum absolute atomic E-state index is 11.7. The second-order valence-corrected chi connectivity index (χ2v) is 3.63. The van der Waals surface area contributed by atoms with Gasteiger partial charge in [0.15, 0.2) is 6.29 Å². The molecular weight excluding hydrogens is 220 g/mol. The molecule has 1 aliphatic heterocycles. The minimum absolute atomic E-state index is 0.313. The van der Waals surface area contributed by atoms with Gasteiger partial charge in [0.25, 0.3) is 0 Å². The molecule has 0 radical (unpaired) electrons. The Hall–Kier alpha value is -1.65.